The van der Waals surface area contributed by atoms with Gasteiger partial charge in [-0.2, -0.15) is 23.5 Å². The molecular formula is C20H30N2O3S2. The third-order valence-corrected chi connectivity index (χ3v) is 8.77. The maximum absolute atomic E-state index is 12.6. The lowest BCUT2D eigenvalue weighted by Crippen LogP contribution is -2.49. The van der Waals surface area contributed by atoms with Crippen molar-refractivity contribution in [1.29, 1.82) is 0 Å². The Morgan fingerprint density at radius 2 is 1.85 bits per heavy atom. The van der Waals surface area contributed by atoms with Gasteiger partial charge in [0, 0.05) is 42.1 Å². The van der Waals surface area contributed by atoms with Gasteiger partial charge in [-0.25, -0.2) is 0 Å². The maximum Gasteiger partial charge on any atom is 0.255 e. The number of fused-ring (bicyclic) bond motifs is 1. The summed E-state index contributed by atoms with van der Waals surface area (Å²) in [5, 5.41) is 13.7. The average molecular weight is 411 g/mol. The minimum Gasteiger partial charge on any atom is -0.466 e. The average Bonchev–Trinajstić information content (AvgIpc) is 3.06. The summed E-state index contributed by atoms with van der Waals surface area (Å²) in [7, 11) is 0. The van der Waals surface area contributed by atoms with Crippen LogP contribution in [-0.4, -0.2) is 70.2 Å². The highest BCUT2D eigenvalue weighted by molar-refractivity contribution is 8.03. The lowest BCUT2D eigenvalue weighted by Gasteiger charge is -2.35. The molecule has 150 valence electrons. The molecule has 3 heterocycles. The summed E-state index contributed by atoms with van der Waals surface area (Å²) in [6.07, 6.45) is 1.21. The van der Waals surface area contributed by atoms with Crippen LogP contribution < -0.4 is 5.32 Å². The van der Waals surface area contributed by atoms with Gasteiger partial charge in [0.15, 0.2) is 0 Å². The van der Waals surface area contributed by atoms with Crippen molar-refractivity contribution >= 4 is 29.4 Å². The van der Waals surface area contributed by atoms with Crippen LogP contribution in [0.5, 0.6) is 0 Å². The van der Waals surface area contributed by atoms with E-state index in [1.54, 1.807) is 6.07 Å². The monoisotopic (exact) mass is 410 g/mol. The van der Waals surface area contributed by atoms with E-state index < -0.39 is 6.10 Å². The van der Waals surface area contributed by atoms with Crippen molar-refractivity contribution in [2.45, 2.75) is 44.9 Å². The SMILES string of the molecule is Cc1cc(C(=O)N[C@H]2C[C@H]3CN(C4CSCCSC4)C[C@H]3C[C@@H]2O)c(C)o1. The minimum atomic E-state index is -0.457. The van der Waals surface area contributed by atoms with Crippen molar-refractivity contribution in [1.82, 2.24) is 10.2 Å². The Morgan fingerprint density at radius 1 is 1.19 bits per heavy atom. The van der Waals surface area contributed by atoms with Crippen LogP contribution in [0, 0.1) is 25.7 Å². The van der Waals surface area contributed by atoms with Crippen molar-refractivity contribution in [3.05, 3.63) is 23.2 Å². The van der Waals surface area contributed by atoms with E-state index >= 15 is 0 Å². The second-order valence-electron chi connectivity index (χ2n) is 8.22. The minimum absolute atomic E-state index is 0.127. The van der Waals surface area contributed by atoms with Crippen LogP contribution in [0.15, 0.2) is 10.5 Å². The number of thioether (sulfide) groups is 2. The summed E-state index contributed by atoms with van der Waals surface area (Å²) in [5.41, 5.74) is 0.586. The molecule has 1 aromatic heterocycles. The summed E-state index contributed by atoms with van der Waals surface area (Å²) < 4.78 is 5.48. The first-order chi connectivity index (χ1) is 13.0. The molecule has 1 aliphatic carbocycles. The molecule has 0 bridgehead atoms. The number of carbonyl (C=O) groups is 1. The smallest absolute Gasteiger partial charge is 0.255 e. The lowest BCUT2D eigenvalue weighted by molar-refractivity contribution is 0.0461. The zero-order valence-corrected chi connectivity index (χ0v) is 17.8. The molecule has 3 fully saturated rings. The summed E-state index contributed by atoms with van der Waals surface area (Å²) in [6, 6.07) is 2.28. The van der Waals surface area contributed by atoms with E-state index in [4.69, 9.17) is 4.42 Å². The number of carbonyl (C=O) groups excluding carboxylic acids is 1. The highest BCUT2D eigenvalue weighted by Gasteiger charge is 2.43. The number of likely N-dealkylation sites (tertiary alicyclic amines) is 1. The normalized spacial score (nSPS) is 32.9. The van der Waals surface area contributed by atoms with E-state index in [2.05, 4.69) is 33.7 Å². The number of hydrogen-bond acceptors (Lipinski definition) is 6. The van der Waals surface area contributed by atoms with E-state index in [0.29, 0.717) is 29.2 Å². The number of hydrogen-bond donors (Lipinski definition) is 2. The Bertz CT molecular complexity index is 672. The molecule has 2 N–H and O–H groups in total. The molecular weight excluding hydrogens is 380 g/mol. The number of rotatable bonds is 3. The molecule has 4 rings (SSSR count). The molecule has 27 heavy (non-hydrogen) atoms. The van der Waals surface area contributed by atoms with Crippen molar-refractivity contribution in [3.8, 4) is 0 Å². The Labute approximate surface area is 170 Å². The number of furan rings is 1. The van der Waals surface area contributed by atoms with Gasteiger partial charge >= 0.3 is 0 Å². The van der Waals surface area contributed by atoms with Crippen molar-refractivity contribution in [2.24, 2.45) is 11.8 Å². The molecule has 1 saturated carbocycles. The molecule has 1 amide bonds. The molecule has 0 radical (unpaired) electrons. The Morgan fingerprint density at radius 3 is 2.48 bits per heavy atom. The van der Waals surface area contributed by atoms with Crippen molar-refractivity contribution in [2.75, 3.05) is 36.1 Å². The fraction of sp³-hybridized carbons (Fsp3) is 0.750. The first-order valence-corrected chi connectivity index (χ1v) is 12.3. The summed E-state index contributed by atoms with van der Waals surface area (Å²) in [5.74, 6) is 7.38. The van der Waals surface area contributed by atoms with Crippen LogP contribution in [-0.2, 0) is 0 Å². The summed E-state index contributed by atoms with van der Waals surface area (Å²) in [4.78, 5) is 15.3. The largest absolute Gasteiger partial charge is 0.466 e. The predicted octanol–water partition coefficient (Wildman–Crippen LogP) is 2.55. The molecule has 0 spiro atoms. The lowest BCUT2D eigenvalue weighted by atomic mass is 9.77. The number of aliphatic hydroxyl groups excluding tert-OH is 1. The third kappa shape index (κ3) is 4.36. The maximum atomic E-state index is 12.6. The van der Waals surface area contributed by atoms with Crippen LogP contribution >= 0.6 is 23.5 Å². The molecule has 0 aromatic carbocycles. The fourth-order valence-corrected chi connectivity index (χ4v) is 7.46. The zero-order chi connectivity index (χ0) is 19.0. The second kappa shape index (κ2) is 8.39. The number of nitrogens with zero attached hydrogens (tertiary/aromatic N) is 1. The van der Waals surface area contributed by atoms with E-state index in [0.717, 1.165) is 31.7 Å². The number of aliphatic hydroxyl groups is 1. The van der Waals surface area contributed by atoms with E-state index in [1.165, 1.54) is 23.0 Å². The molecule has 1 aromatic rings. The Hall–Kier alpha value is -0.630. The van der Waals surface area contributed by atoms with Gasteiger partial charge in [0.2, 0.25) is 0 Å². The molecule has 5 nitrogen and oxygen atoms in total. The van der Waals surface area contributed by atoms with Crippen molar-refractivity contribution in [3.63, 3.8) is 0 Å². The molecule has 3 aliphatic rings. The Kier molecular flexibility index (Phi) is 6.12. The predicted molar refractivity (Wildman–Crippen MR) is 112 cm³/mol. The van der Waals surface area contributed by atoms with Gasteiger partial charge in [0.05, 0.1) is 17.7 Å². The standard InChI is InChI=1S/C20H30N2O3S2/c1-12-5-17(13(2)25-12)20(24)21-18-6-14-8-22(9-15(14)7-19(18)23)16-10-26-3-4-27-11-16/h5,14-16,18-19,23H,3-4,6-11H2,1-2H3,(H,21,24)/t14-,15+,18-,19-/m0/s1. The highest BCUT2D eigenvalue weighted by Crippen LogP contribution is 2.38. The molecule has 2 aliphatic heterocycles. The van der Waals surface area contributed by atoms with Gasteiger partial charge in [-0.05, 0) is 44.6 Å². The number of nitrogens with one attached hydrogen (secondary N) is 1. The molecule has 0 unspecified atom stereocenters. The molecule has 4 atom stereocenters. The van der Waals surface area contributed by atoms with Crippen LogP contribution in [0.3, 0.4) is 0 Å². The second-order valence-corrected chi connectivity index (χ2v) is 10.5. The fourth-order valence-electron chi connectivity index (χ4n) is 4.84. The highest BCUT2D eigenvalue weighted by atomic mass is 32.2. The number of aryl methyl sites for hydroxylation is 2. The Balaban J connectivity index is 1.37. The van der Waals surface area contributed by atoms with Gasteiger partial charge in [0.1, 0.15) is 11.5 Å². The van der Waals surface area contributed by atoms with Gasteiger partial charge in [0.25, 0.3) is 5.91 Å². The molecule has 2 saturated heterocycles. The van der Waals surface area contributed by atoms with Crippen LogP contribution in [0.25, 0.3) is 0 Å². The van der Waals surface area contributed by atoms with Crippen LogP contribution in [0.2, 0.25) is 0 Å². The van der Waals surface area contributed by atoms with Crippen LogP contribution in [0.1, 0.15) is 34.7 Å². The van der Waals surface area contributed by atoms with Gasteiger partial charge < -0.3 is 14.8 Å². The van der Waals surface area contributed by atoms with Gasteiger partial charge in [-0.1, -0.05) is 0 Å². The van der Waals surface area contributed by atoms with E-state index in [1.807, 2.05) is 13.8 Å². The van der Waals surface area contributed by atoms with Gasteiger partial charge in [-0.15, -0.1) is 0 Å². The first kappa shape index (κ1) is 19.7. The van der Waals surface area contributed by atoms with E-state index in [9.17, 15) is 9.90 Å². The zero-order valence-electron chi connectivity index (χ0n) is 16.1. The van der Waals surface area contributed by atoms with Crippen LogP contribution in [0.4, 0.5) is 0 Å². The van der Waals surface area contributed by atoms with Crippen molar-refractivity contribution < 1.29 is 14.3 Å². The van der Waals surface area contributed by atoms with Gasteiger partial charge in [-0.3, -0.25) is 9.69 Å². The van der Waals surface area contributed by atoms with E-state index in [-0.39, 0.29) is 11.9 Å². The topological polar surface area (TPSA) is 65.7 Å². The summed E-state index contributed by atoms with van der Waals surface area (Å²) in [6.45, 7) is 5.88. The first-order valence-electron chi connectivity index (χ1n) is 9.96. The summed E-state index contributed by atoms with van der Waals surface area (Å²) >= 11 is 4.15. The quantitative estimate of drug-likeness (QED) is 0.798. The molecule has 7 heteroatoms. The number of amides is 1. The third-order valence-electron chi connectivity index (χ3n) is 6.28.